The molecule has 0 aromatic heterocycles. The van der Waals surface area contributed by atoms with Gasteiger partial charge in [0, 0.05) is 18.6 Å². The average molecular weight is 563 g/mol. The van der Waals surface area contributed by atoms with Crippen molar-refractivity contribution in [3.8, 4) is 5.75 Å². The van der Waals surface area contributed by atoms with E-state index in [0.717, 1.165) is 18.4 Å². The molecule has 3 N–H and O–H groups in total. The molecule has 2 rings (SSSR count). The Morgan fingerprint density at radius 2 is 1.72 bits per heavy atom. The zero-order chi connectivity index (χ0) is 18.4. The van der Waals surface area contributed by atoms with Crippen molar-refractivity contribution in [3.63, 3.8) is 0 Å². The van der Waals surface area contributed by atoms with Gasteiger partial charge in [-0.05, 0) is 18.4 Å². The molecular weight excluding hydrogens is 544 g/mol. The first kappa shape index (κ1) is 24.3. The topological polar surface area (TPSA) is 118 Å². The third-order valence-corrected chi connectivity index (χ3v) is 4.20. The second kappa shape index (κ2) is 10.5. The minimum Gasteiger partial charge on any atom is -0.872 e. The largest absolute Gasteiger partial charge is 2.00 e. The van der Waals surface area contributed by atoms with Gasteiger partial charge in [-0.25, -0.2) is 8.42 Å². The van der Waals surface area contributed by atoms with Gasteiger partial charge >= 0.3 is 26.6 Å². The van der Waals surface area contributed by atoms with Gasteiger partial charge in [0.1, 0.15) is 0 Å². The van der Waals surface area contributed by atoms with Gasteiger partial charge in [0.05, 0.1) is 0 Å². The van der Waals surface area contributed by atoms with Crippen molar-refractivity contribution in [2.24, 2.45) is 5.73 Å². The molecule has 0 saturated heterocycles. The molecule has 11 heteroatoms. The van der Waals surface area contributed by atoms with E-state index in [1.165, 1.54) is 12.8 Å². The van der Waals surface area contributed by atoms with Crippen LogP contribution in [0, 0.1) is 0 Å². The van der Waals surface area contributed by atoms with Crippen molar-refractivity contribution >= 4 is 10.1 Å². The van der Waals surface area contributed by atoms with E-state index in [2.05, 4.69) is 5.32 Å². The number of rotatable bonds is 3. The first-order valence-corrected chi connectivity index (χ1v) is 8.69. The van der Waals surface area contributed by atoms with E-state index in [1.807, 2.05) is 12.1 Å². The zero-order valence-corrected chi connectivity index (χ0v) is 16.2. The molecule has 0 amide bonds. The Morgan fingerprint density at radius 1 is 1.20 bits per heavy atom. The van der Waals surface area contributed by atoms with Crippen LogP contribution in [-0.4, -0.2) is 30.6 Å². The fraction of sp³-hybridized carbons (Fsp3) is 0.571. The van der Waals surface area contributed by atoms with Crippen molar-refractivity contribution in [2.75, 3.05) is 0 Å². The SMILES string of the molecule is N[C@@H]1CCCC[C@H]1NCc1ccccc1[O-].O=S(=O)([O-])C(F)(F)F.[Pt+2]. The van der Waals surface area contributed by atoms with E-state index >= 15 is 0 Å². The summed E-state index contributed by atoms with van der Waals surface area (Å²) in [6.45, 7) is 0.637. The minimum absolute atomic E-state index is 0. The van der Waals surface area contributed by atoms with Crippen LogP contribution in [0.15, 0.2) is 24.3 Å². The molecule has 2 atom stereocenters. The first-order valence-electron chi connectivity index (χ1n) is 7.28. The quantitative estimate of drug-likeness (QED) is 0.421. The van der Waals surface area contributed by atoms with Crippen LogP contribution in [0.4, 0.5) is 13.2 Å². The predicted octanol–water partition coefficient (Wildman–Crippen LogP) is 1.17. The standard InChI is InChI=1S/C13H20N2O.CHF3O3S.Pt/c14-11-6-2-3-7-12(11)15-9-10-5-1-4-8-13(10)16;2-1(3,4)8(5,6)7;/h1,4-5,8,11-12,15-16H,2-3,6-7,9,14H2;(H,5,6,7);/q;;+2/p-2/t11-,12-;;/m1../s1. The van der Waals surface area contributed by atoms with Crippen LogP contribution in [0.1, 0.15) is 31.2 Å². The number of hydrogen-bond donors (Lipinski definition) is 2. The number of benzene rings is 1. The number of nitrogens with two attached hydrogens (primary N) is 1. The number of halogens is 3. The Kier molecular flexibility index (Phi) is 10.2. The van der Waals surface area contributed by atoms with Crippen LogP contribution < -0.4 is 16.2 Å². The molecule has 0 radical (unpaired) electrons. The monoisotopic (exact) mass is 563 g/mol. The van der Waals surface area contributed by atoms with E-state index in [1.54, 1.807) is 12.1 Å². The van der Waals surface area contributed by atoms with Crippen LogP contribution in [0.3, 0.4) is 0 Å². The second-order valence-corrected chi connectivity index (χ2v) is 6.81. The predicted molar refractivity (Wildman–Crippen MR) is 78.7 cm³/mol. The van der Waals surface area contributed by atoms with Crippen molar-refractivity contribution in [3.05, 3.63) is 29.8 Å². The summed E-state index contributed by atoms with van der Waals surface area (Å²) >= 11 is 0. The molecule has 1 aromatic rings. The molecule has 0 heterocycles. The number of alkyl halides is 3. The molecule has 0 aliphatic heterocycles. The van der Waals surface area contributed by atoms with Crippen LogP contribution in [0.5, 0.6) is 5.75 Å². The van der Waals surface area contributed by atoms with E-state index in [9.17, 15) is 18.3 Å². The van der Waals surface area contributed by atoms with Gasteiger partial charge in [-0.3, -0.25) is 0 Å². The molecule has 0 bridgehead atoms. The summed E-state index contributed by atoms with van der Waals surface area (Å²) in [6.07, 6.45) is 4.70. The molecule has 0 unspecified atom stereocenters. The average Bonchev–Trinajstić information content (AvgIpc) is 2.46. The molecule has 25 heavy (non-hydrogen) atoms. The molecule has 1 aliphatic rings. The maximum atomic E-state index is 11.5. The van der Waals surface area contributed by atoms with Gasteiger partial charge in [0.2, 0.25) is 0 Å². The second-order valence-electron chi connectivity index (χ2n) is 5.44. The minimum atomic E-state index is -6.09. The fourth-order valence-corrected chi connectivity index (χ4v) is 2.30. The summed E-state index contributed by atoms with van der Waals surface area (Å²) in [4.78, 5) is 0. The molecule has 1 fully saturated rings. The van der Waals surface area contributed by atoms with Gasteiger partial charge in [0.15, 0.2) is 10.1 Å². The maximum Gasteiger partial charge on any atom is 2.00 e. The Morgan fingerprint density at radius 3 is 2.20 bits per heavy atom. The Balaban J connectivity index is 0.000000552. The summed E-state index contributed by atoms with van der Waals surface area (Å²) in [6, 6.07) is 7.78. The smallest absolute Gasteiger partial charge is 0.872 e. The maximum absolute atomic E-state index is 11.5. The van der Waals surface area contributed by atoms with Gasteiger partial charge < -0.3 is 20.7 Å². The molecule has 1 saturated carbocycles. The number of hydrogen-bond acceptors (Lipinski definition) is 6. The van der Waals surface area contributed by atoms with Crippen molar-refractivity contribution in [2.45, 2.75) is 49.8 Å². The van der Waals surface area contributed by atoms with E-state index < -0.39 is 15.6 Å². The molecule has 1 aliphatic carbocycles. The summed E-state index contributed by atoms with van der Waals surface area (Å²) < 4.78 is 58.9. The first-order chi connectivity index (χ1) is 11.0. The van der Waals surface area contributed by atoms with Gasteiger partial charge in [-0.15, -0.1) is 5.75 Å². The molecule has 0 spiro atoms. The fourth-order valence-electron chi connectivity index (χ4n) is 2.30. The summed E-state index contributed by atoms with van der Waals surface area (Å²) in [7, 11) is -6.09. The van der Waals surface area contributed by atoms with Gasteiger partial charge in [-0.2, -0.15) is 13.2 Å². The molecule has 1 aromatic carbocycles. The van der Waals surface area contributed by atoms with Crippen molar-refractivity contribution in [1.82, 2.24) is 5.32 Å². The van der Waals surface area contributed by atoms with Crippen LogP contribution in [-0.2, 0) is 37.7 Å². The van der Waals surface area contributed by atoms with Crippen LogP contribution in [0.25, 0.3) is 0 Å². The number of nitrogens with one attached hydrogen (secondary N) is 1. The summed E-state index contributed by atoms with van der Waals surface area (Å²) in [5, 5.41) is 14.9. The third kappa shape index (κ3) is 8.50. The van der Waals surface area contributed by atoms with Crippen LogP contribution in [0.2, 0.25) is 0 Å². The Bertz CT molecular complexity index is 629. The summed E-state index contributed by atoms with van der Waals surface area (Å²) in [5.74, 6) is 0.111. The van der Waals surface area contributed by atoms with Gasteiger partial charge in [0.25, 0.3) is 0 Å². The Labute approximate surface area is 159 Å². The van der Waals surface area contributed by atoms with E-state index in [4.69, 9.17) is 18.7 Å². The normalized spacial score (nSPS) is 20.8. The van der Waals surface area contributed by atoms with Crippen molar-refractivity contribution in [1.29, 1.82) is 0 Å². The van der Waals surface area contributed by atoms with Crippen LogP contribution >= 0.6 is 0 Å². The van der Waals surface area contributed by atoms with Crippen molar-refractivity contribution < 1.29 is 52.3 Å². The Hall–Kier alpha value is -0.672. The van der Waals surface area contributed by atoms with E-state index in [-0.39, 0.29) is 32.9 Å². The zero-order valence-electron chi connectivity index (χ0n) is 13.1. The third-order valence-electron chi connectivity index (χ3n) is 3.63. The van der Waals surface area contributed by atoms with Gasteiger partial charge in [-0.1, -0.05) is 37.1 Å². The van der Waals surface area contributed by atoms with E-state index in [0.29, 0.717) is 12.6 Å². The molecule has 146 valence electrons. The molecule has 6 nitrogen and oxygen atoms in total. The summed E-state index contributed by atoms with van der Waals surface area (Å²) in [5.41, 5.74) is 1.23. The number of para-hydroxylation sites is 1. The molecular formula is C14H19F3N2O4PtS.